The van der Waals surface area contributed by atoms with Crippen molar-refractivity contribution in [3.8, 4) is 11.8 Å². The molecule has 3 nitrogen and oxygen atoms in total. The molecule has 0 atom stereocenters. The van der Waals surface area contributed by atoms with E-state index in [9.17, 15) is 4.79 Å². The Hall–Kier alpha value is -1.79. The minimum atomic E-state index is -0.00739. The third-order valence-corrected chi connectivity index (χ3v) is 4.05. The third-order valence-electron chi connectivity index (χ3n) is 4.05. The molecule has 20 heavy (non-hydrogen) atoms. The Morgan fingerprint density at radius 2 is 2.20 bits per heavy atom. The van der Waals surface area contributed by atoms with Crippen LogP contribution in [0, 0.1) is 24.2 Å². The van der Waals surface area contributed by atoms with Gasteiger partial charge in [0.15, 0.2) is 0 Å². The fraction of sp³-hybridized carbons (Fsp3) is 0.471. The summed E-state index contributed by atoms with van der Waals surface area (Å²) in [6.07, 6.45) is 3.68. The van der Waals surface area contributed by atoms with E-state index in [1.54, 1.807) is 0 Å². The molecule has 1 saturated carbocycles. The number of rotatable bonds is 3. The molecule has 0 aromatic heterocycles. The molecule has 0 saturated heterocycles. The first kappa shape index (κ1) is 14.6. The van der Waals surface area contributed by atoms with Gasteiger partial charge in [0.2, 0.25) is 0 Å². The fourth-order valence-electron chi connectivity index (χ4n) is 2.44. The van der Waals surface area contributed by atoms with Gasteiger partial charge in [-0.3, -0.25) is 4.79 Å². The monoisotopic (exact) mass is 270 g/mol. The summed E-state index contributed by atoms with van der Waals surface area (Å²) in [5.74, 6) is 5.77. The molecule has 2 rings (SSSR count). The van der Waals surface area contributed by atoms with Crippen LogP contribution in [0.4, 0.5) is 0 Å². The number of aryl methyl sites for hydroxylation is 1. The molecule has 0 aliphatic heterocycles. The Morgan fingerprint density at radius 1 is 1.45 bits per heavy atom. The highest BCUT2D eigenvalue weighted by molar-refractivity contribution is 5.96. The van der Waals surface area contributed by atoms with Gasteiger partial charge in [-0.05, 0) is 42.9 Å². The first-order chi connectivity index (χ1) is 9.54. The van der Waals surface area contributed by atoms with Crippen LogP contribution in [0.15, 0.2) is 18.2 Å². The summed E-state index contributed by atoms with van der Waals surface area (Å²) in [7, 11) is 0. The molecule has 0 spiro atoms. The van der Waals surface area contributed by atoms with Crippen molar-refractivity contribution >= 4 is 5.91 Å². The van der Waals surface area contributed by atoms with E-state index in [0.29, 0.717) is 17.5 Å². The van der Waals surface area contributed by atoms with Crippen molar-refractivity contribution in [3.63, 3.8) is 0 Å². The Kier molecular flexibility index (Phi) is 4.46. The zero-order valence-electron chi connectivity index (χ0n) is 12.3. The average Bonchev–Trinajstić information content (AvgIpc) is 2.41. The number of nitrogens with one attached hydrogen (secondary N) is 1. The molecule has 0 bridgehead atoms. The Morgan fingerprint density at radius 3 is 2.80 bits per heavy atom. The molecule has 1 aromatic rings. The minimum Gasteiger partial charge on any atom is -0.351 e. The highest BCUT2D eigenvalue weighted by atomic mass is 16.1. The number of carbonyl (C=O) groups excluding carboxylic acids is 1. The molecule has 1 aliphatic rings. The third kappa shape index (κ3) is 3.40. The molecule has 0 unspecified atom stereocenters. The molecular formula is C17H22N2O. The van der Waals surface area contributed by atoms with Crippen molar-refractivity contribution in [1.82, 2.24) is 5.32 Å². The van der Waals surface area contributed by atoms with Crippen LogP contribution in [0.25, 0.3) is 0 Å². The summed E-state index contributed by atoms with van der Waals surface area (Å²) in [5.41, 5.74) is 8.17. The Balaban J connectivity index is 2.08. The SMILES string of the molecule is Cc1ccc(C#CCN)cc1C(=O)NCC1(C)CCC1. The molecule has 1 aromatic carbocycles. The van der Waals surface area contributed by atoms with Crippen molar-refractivity contribution in [2.24, 2.45) is 11.1 Å². The minimum absolute atomic E-state index is 0.00739. The van der Waals surface area contributed by atoms with Crippen molar-refractivity contribution in [1.29, 1.82) is 0 Å². The topological polar surface area (TPSA) is 55.1 Å². The standard InChI is InChI=1S/C17H22N2O/c1-13-6-7-14(5-3-10-18)11-15(13)16(20)19-12-17(2)8-4-9-17/h6-7,11H,4,8-10,12,18H2,1-2H3,(H,19,20). The normalized spacial score (nSPS) is 15.8. The Bertz CT molecular complexity index is 562. The maximum absolute atomic E-state index is 12.3. The summed E-state index contributed by atoms with van der Waals surface area (Å²) in [6, 6.07) is 5.69. The van der Waals surface area contributed by atoms with Crippen LogP contribution in [0.5, 0.6) is 0 Å². The van der Waals surface area contributed by atoms with Gasteiger partial charge in [0.1, 0.15) is 0 Å². The number of hydrogen-bond acceptors (Lipinski definition) is 2. The van der Waals surface area contributed by atoms with Gasteiger partial charge in [0.25, 0.3) is 5.91 Å². The Labute approximate surface area is 120 Å². The molecule has 1 fully saturated rings. The van der Waals surface area contributed by atoms with Crippen molar-refractivity contribution < 1.29 is 4.79 Å². The lowest BCUT2D eigenvalue weighted by atomic mass is 9.70. The molecule has 3 heteroatoms. The quantitative estimate of drug-likeness (QED) is 0.828. The van der Waals surface area contributed by atoms with Gasteiger partial charge in [0, 0.05) is 17.7 Å². The predicted octanol–water partition coefficient (Wildman–Crippen LogP) is 2.23. The number of amides is 1. The first-order valence-electron chi connectivity index (χ1n) is 7.12. The van der Waals surface area contributed by atoms with Crippen LogP contribution in [-0.4, -0.2) is 19.0 Å². The average molecular weight is 270 g/mol. The van der Waals surface area contributed by atoms with Gasteiger partial charge in [-0.25, -0.2) is 0 Å². The predicted molar refractivity (Wildman–Crippen MR) is 81.4 cm³/mol. The molecule has 0 radical (unpaired) electrons. The highest BCUT2D eigenvalue weighted by Crippen LogP contribution is 2.39. The van der Waals surface area contributed by atoms with Crippen LogP contribution in [-0.2, 0) is 0 Å². The van der Waals surface area contributed by atoms with Crippen molar-refractivity contribution in [2.45, 2.75) is 33.1 Å². The van der Waals surface area contributed by atoms with Gasteiger partial charge in [-0.2, -0.15) is 0 Å². The van der Waals surface area contributed by atoms with E-state index < -0.39 is 0 Å². The van der Waals surface area contributed by atoms with E-state index in [1.165, 1.54) is 19.3 Å². The molecule has 1 amide bonds. The van der Waals surface area contributed by atoms with Gasteiger partial charge >= 0.3 is 0 Å². The summed E-state index contributed by atoms with van der Waals surface area (Å²) in [4.78, 5) is 12.3. The molecule has 106 valence electrons. The second-order valence-corrected chi connectivity index (χ2v) is 5.88. The van der Waals surface area contributed by atoms with E-state index in [1.807, 2.05) is 25.1 Å². The second kappa shape index (κ2) is 6.11. The summed E-state index contributed by atoms with van der Waals surface area (Å²) in [5, 5.41) is 3.05. The van der Waals surface area contributed by atoms with E-state index in [-0.39, 0.29) is 5.91 Å². The van der Waals surface area contributed by atoms with Gasteiger partial charge < -0.3 is 11.1 Å². The highest BCUT2D eigenvalue weighted by Gasteiger charge is 2.32. The maximum Gasteiger partial charge on any atom is 0.251 e. The van der Waals surface area contributed by atoms with Crippen LogP contribution < -0.4 is 11.1 Å². The van der Waals surface area contributed by atoms with Gasteiger partial charge in [-0.1, -0.05) is 31.3 Å². The first-order valence-corrected chi connectivity index (χ1v) is 7.12. The molecular weight excluding hydrogens is 248 g/mol. The largest absolute Gasteiger partial charge is 0.351 e. The number of nitrogens with two attached hydrogens (primary N) is 1. The zero-order chi connectivity index (χ0) is 14.6. The van der Waals surface area contributed by atoms with E-state index in [0.717, 1.165) is 17.7 Å². The van der Waals surface area contributed by atoms with Crippen LogP contribution in [0.2, 0.25) is 0 Å². The van der Waals surface area contributed by atoms with E-state index >= 15 is 0 Å². The molecule has 3 N–H and O–H groups in total. The lowest BCUT2D eigenvalue weighted by Crippen LogP contribution is -2.40. The second-order valence-electron chi connectivity index (χ2n) is 5.88. The number of hydrogen-bond donors (Lipinski definition) is 2. The molecule has 0 heterocycles. The lowest BCUT2D eigenvalue weighted by Gasteiger charge is -2.38. The molecule has 1 aliphatic carbocycles. The van der Waals surface area contributed by atoms with Gasteiger partial charge in [0.05, 0.1) is 6.54 Å². The van der Waals surface area contributed by atoms with E-state index in [4.69, 9.17) is 5.73 Å². The maximum atomic E-state index is 12.3. The smallest absolute Gasteiger partial charge is 0.251 e. The van der Waals surface area contributed by atoms with Crippen molar-refractivity contribution in [3.05, 3.63) is 34.9 Å². The van der Waals surface area contributed by atoms with Crippen molar-refractivity contribution in [2.75, 3.05) is 13.1 Å². The van der Waals surface area contributed by atoms with Crippen LogP contribution in [0.1, 0.15) is 47.7 Å². The zero-order valence-corrected chi connectivity index (χ0v) is 12.3. The van der Waals surface area contributed by atoms with Crippen LogP contribution >= 0.6 is 0 Å². The van der Waals surface area contributed by atoms with Crippen LogP contribution in [0.3, 0.4) is 0 Å². The number of carbonyl (C=O) groups is 1. The lowest BCUT2D eigenvalue weighted by molar-refractivity contribution is 0.0890. The fourth-order valence-corrected chi connectivity index (χ4v) is 2.44. The van der Waals surface area contributed by atoms with E-state index in [2.05, 4.69) is 24.1 Å². The van der Waals surface area contributed by atoms with Gasteiger partial charge in [-0.15, -0.1) is 0 Å². The summed E-state index contributed by atoms with van der Waals surface area (Å²) in [6.45, 7) is 5.25. The summed E-state index contributed by atoms with van der Waals surface area (Å²) >= 11 is 0. The summed E-state index contributed by atoms with van der Waals surface area (Å²) < 4.78 is 0. The number of benzene rings is 1.